The first kappa shape index (κ1) is 18.3. The van der Waals surface area contributed by atoms with Crippen LogP contribution in [0.15, 0.2) is 53.6 Å². The Morgan fingerprint density at radius 1 is 1.17 bits per heavy atom. The fourth-order valence-corrected chi connectivity index (χ4v) is 3.27. The number of rotatable bonds is 5. The number of hydrogen-bond donors (Lipinski definition) is 0. The van der Waals surface area contributed by atoms with Gasteiger partial charge >= 0.3 is 5.97 Å². The molecule has 0 heterocycles. The second-order valence-corrected chi connectivity index (χ2v) is 6.99. The van der Waals surface area contributed by atoms with Gasteiger partial charge in [0.1, 0.15) is 0 Å². The van der Waals surface area contributed by atoms with Gasteiger partial charge in [0, 0.05) is 0 Å². The molecule has 1 aromatic carbocycles. The molecule has 0 radical (unpaired) electrons. The topological polar surface area (TPSA) is 26.3 Å². The molecule has 0 saturated heterocycles. The van der Waals surface area contributed by atoms with Crippen molar-refractivity contribution in [2.75, 3.05) is 6.61 Å². The maximum Gasteiger partial charge on any atom is 0.338 e. The van der Waals surface area contributed by atoms with Gasteiger partial charge in [0.2, 0.25) is 0 Å². The van der Waals surface area contributed by atoms with Gasteiger partial charge in [-0.3, -0.25) is 0 Å². The normalized spacial score (nSPS) is 17.7. The van der Waals surface area contributed by atoms with Crippen molar-refractivity contribution in [3.05, 3.63) is 64.8 Å². The number of carbonyl (C=O) groups excluding carboxylic acids is 1. The highest BCUT2D eigenvalue weighted by Gasteiger charge is 2.26. The van der Waals surface area contributed by atoms with Crippen molar-refractivity contribution in [1.29, 1.82) is 0 Å². The average molecular weight is 324 g/mol. The van der Waals surface area contributed by atoms with Crippen molar-refractivity contribution in [1.82, 2.24) is 0 Å². The Bertz CT molecular complexity index is 658. The minimum absolute atomic E-state index is 0.269. The maximum absolute atomic E-state index is 11.6. The maximum atomic E-state index is 11.6. The summed E-state index contributed by atoms with van der Waals surface area (Å²) in [6, 6.07) is 7.48. The van der Waals surface area contributed by atoms with Crippen molar-refractivity contribution in [3.63, 3.8) is 0 Å². The second-order valence-electron chi connectivity index (χ2n) is 6.99. The van der Waals surface area contributed by atoms with E-state index in [2.05, 4.69) is 45.1 Å². The largest absolute Gasteiger partial charge is 0.462 e. The molecule has 24 heavy (non-hydrogen) atoms. The van der Waals surface area contributed by atoms with E-state index in [-0.39, 0.29) is 11.4 Å². The van der Waals surface area contributed by atoms with Crippen LogP contribution in [0.4, 0.5) is 0 Å². The highest BCUT2D eigenvalue weighted by atomic mass is 16.5. The van der Waals surface area contributed by atoms with Crippen LogP contribution < -0.4 is 0 Å². The first-order chi connectivity index (χ1) is 11.4. The van der Waals surface area contributed by atoms with Crippen molar-refractivity contribution in [2.24, 2.45) is 5.41 Å². The summed E-state index contributed by atoms with van der Waals surface area (Å²) in [5.41, 5.74) is 4.91. The van der Waals surface area contributed by atoms with Crippen LogP contribution >= 0.6 is 0 Å². The Kier molecular flexibility index (Phi) is 6.19. The van der Waals surface area contributed by atoms with E-state index in [1.807, 2.05) is 19.1 Å². The molecule has 0 bridgehead atoms. The molecule has 128 valence electrons. The third-order valence-electron chi connectivity index (χ3n) is 4.63. The molecule has 0 N–H and O–H groups in total. The van der Waals surface area contributed by atoms with Crippen LogP contribution in [-0.4, -0.2) is 12.6 Å². The molecule has 0 saturated carbocycles. The Hall–Kier alpha value is -2.09. The van der Waals surface area contributed by atoms with Crippen LogP contribution in [-0.2, 0) is 4.74 Å². The van der Waals surface area contributed by atoms with Gasteiger partial charge in [-0.05, 0) is 61.8 Å². The number of benzene rings is 1. The molecule has 0 spiro atoms. The predicted molar refractivity (Wildman–Crippen MR) is 101 cm³/mol. The molecule has 2 rings (SSSR count). The third-order valence-corrected chi connectivity index (χ3v) is 4.63. The lowest BCUT2D eigenvalue weighted by Gasteiger charge is -2.32. The minimum Gasteiger partial charge on any atom is -0.462 e. The monoisotopic (exact) mass is 324 g/mol. The Labute approximate surface area is 145 Å². The first-order valence-electron chi connectivity index (χ1n) is 8.76. The molecule has 1 aliphatic rings. The van der Waals surface area contributed by atoms with E-state index in [9.17, 15) is 4.79 Å². The highest BCUT2D eigenvalue weighted by molar-refractivity contribution is 5.89. The van der Waals surface area contributed by atoms with Crippen molar-refractivity contribution in [2.45, 2.75) is 47.0 Å². The van der Waals surface area contributed by atoms with Gasteiger partial charge < -0.3 is 4.74 Å². The lowest BCUT2D eigenvalue weighted by atomic mass is 9.73. The zero-order valence-electron chi connectivity index (χ0n) is 15.3. The van der Waals surface area contributed by atoms with Crippen molar-refractivity contribution >= 4 is 12.0 Å². The Balaban J connectivity index is 2.02. The minimum atomic E-state index is -0.269. The molecule has 0 amide bonds. The Morgan fingerprint density at radius 2 is 1.83 bits per heavy atom. The van der Waals surface area contributed by atoms with Crippen LogP contribution in [0.1, 0.15) is 62.9 Å². The summed E-state index contributed by atoms with van der Waals surface area (Å²) >= 11 is 0. The van der Waals surface area contributed by atoms with Crippen LogP contribution in [0, 0.1) is 5.41 Å². The number of ether oxygens (including phenoxy) is 1. The van der Waals surface area contributed by atoms with Gasteiger partial charge in [-0.2, -0.15) is 0 Å². The molecule has 2 nitrogen and oxygen atoms in total. The molecule has 0 aromatic heterocycles. The lowest BCUT2D eigenvalue weighted by molar-refractivity contribution is 0.0526. The zero-order chi connectivity index (χ0) is 17.6. The van der Waals surface area contributed by atoms with E-state index in [1.165, 1.54) is 30.4 Å². The van der Waals surface area contributed by atoms with Crippen LogP contribution in [0.25, 0.3) is 6.08 Å². The average Bonchev–Trinajstić information content (AvgIpc) is 2.54. The van der Waals surface area contributed by atoms with Gasteiger partial charge in [0.25, 0.3) is 0 Å². The molecule has 0 fully saturated rings. The van der Waals surface area contributed by atoms with Crippen LogP contribution in [0.5, 0.6) is 0 Å². The van der Waals surface area contributed by atoms with E-state index in [0.29, 0.717) is 12.2 Å². The number of carbonyl (C=O) groups is 1. The summed E-state index contributed by atoms with van der Waals surface area (Å²) in [4.78, 5) is 11.6. The molecule has 0 aliphatic heterocycles. The summed E-state index contributed by atoms with van der Waals surface area (Å²) in [5.74, 6) is -0.269. The van der Waals surface area contributed by atoms with E-state index in [4.69, 9.17) is 4.74 Å². The van der Waals surface area contributed by atoms with Gasteiger partial charge in [-0.15, -0.1) is 0 Å². The SMILES string of the molecule is CCOC(=O)c1ccc(/C=C/C=C/C2=C(C)CCCC2(C)C)cc1. The third kappa shape index (κ3) is 4.70. The van der Waals surface area contributed by atoms with Crippen LogP contribution in [0.2, 0.25) is 0 Å². The molecule has 1 aliphatic carbocycles. The molecule has 1 aromatic rings. The molecular formula is C22H28O2. The number of esters is 1. The lowest BCUT2D eigenvalue weighted by Crippen LogP contribution is -2.18. The van der Waals surface area contributed by atoms with Crippen LogP contribution in [0.3, 0.4) is 0 Å². The number of hydrogen-bond acceptors (Lipinski definition) is 2. The first-order valence-corrected chi connectivity index (χ1v) is 8.76. The van der Waals surface area contributed by atoms with E-state index >= 15 is 0 Å². The fraction of sp³-hybridized carbons (Fsp3) is 0.409. The van der Waals surface area contributed by atoms with Gasteiger partial charge in [-0.1, -0.05) is 55.9 Å². The summed E-state index contributed by atoms with van der Waals surface area (Å²) in [6.45, 7) is 9.11. The van der Waals surface area contributed by atoms with E-state index < -0.39 is 0 Å². The highest BCUT2D eigenvalue weighted by Crippen LogP contribution is 2.40. The van der Waals surface area contributed by atoms with E-state index in [1.54, 1.807) is 12.1 Å². The van der Waals surface area contributed by atoms with Crippen molar-refractivity contribution in [3.8, 4) is 0 Å². The Morgan fingerprint density at radius 3 is 2.46 bits per heavy atom. The van der Waals surface area contributed by atoms with Gasteiger partial charge in [-0.25, -0.2) is 4.79 Å². The summed E-state index contributed by atoms with van der Waals surface area (Å²) in [7, 11) is 0. The molecular weight excluding hydrogens is 296 g/mol. The smallest absolute Gasteiger partial charge is 0.338 e. The van der Waals surface area contributed by atoms with E-state index in [0.717, 1.165) is 5.56 Å². The molecule has 2 heteroatoms. The molecule has 0 atom stereocenters. The second kappa shape index (κ2) is 8.14. The fourth-order valence-electron chi connectivity index (χ4n) is 3.27. The predicted octanol–water partition coefficient (Wildman–Crippen LogP) is 5.96. The quantitative estimate of drug-likeness (QED) is 0.493. The van der Waals surface area contributed by atoms with Crippen molar-refractivity contribution < 1.29 is 9.53 Å². The van der Waals surface area contributed by atoms with Gasteiger partial charge in [0.15, 0.2) is 0 Å². The standard InChI is InChI=1S/C22H28O2/c1-5-24-21(23)19-14-12-18(13-15-19)10-6-7-11-20-17(2)9-8-16-22(20,3)4/h6-7,10-15H,5,8-9,16H2,1-4H3/b10-6+,11-7+. The zero-order valence-corrected chi connectivity index (χ0v) is 15.3. The summed E-state index contributed by atoms with van der Waals surface area (Å²) < 4.78 is 4.99. The number of allylic oxidation sites excluding steroid dienone is 5. The summed E-state index contributed by atoms with van der Waals surface area (Å²) in [5, 5.41) is 0. The molecule has 0 unspecified atom stereocenters. The summed E-state index contributed by atoms with van der Waals surface area (Å²) in [6.07, 6.45) is 12.2. The van der Waals surface area contributed by atoms with Gasteiger partial charge in [0.05, 0.1) is 12.2 Å².